The van der Waals surface area contributed by atoms with Crippen molar-refractivity contribution >= 4 is 23.5 Å². The molecule has 5 N–H and O–H groups in total. The molecule has 1 amide bonds. The fourth-order valence-electron chi connectivity index (χ4n) is 1.75. The molecule has 2 aromatic rings. The fourth-order valence-corrected chi connectivity index (χ4v) is 1.75. The number of nitrogens with zero attached hydrogens (tertiary/aromatic N) is 2. The Bertz CT molecular complexity index is 684. The third-order valence-corrected chi connectivity index (χ3v) is 2.68. The number of rotatable bonds is 6. The molecule has 2 heterocycles. The van der Waals surface area contributed by atoms with Gasteiger partial charge in [-0.3, -0.25) is 4.79 Å². The number of carboxylic acid groups (broad SMARTS) is 1. The van der Waals surface area contributed by atoms with Crippen LogP contribution in [0.3, 0.4) is 0 Å². The number of nitrogens with one attached hydrogen (secondary N) is 2. The van der Waals surface area contributed by atoms with Crippen LogP contribution in [-0.2, 0) is 4.79 Å². The van der Waals surface area contributed by atoms with E-state index in [4.69, 9.17) is 10.2 Å². The van der Waals surface area contributed by atoms with Gasteiger partial charge in [-0.05, 0) is 12.1 Å². The van der Waals surface area contributed by atoms with Crippen LogP contribution in [0.25, 0.3) is 11.6 Å². The minimum Gasteiger partial charge on any atom is -0.477 e. The molecule has 0 bridgehead atoms. The number of carbonyl (C=O) groups is 2. The van der Waals surface area contributed by atoms with Gasteiger partial charge < -0.3 is 25.9 Å². The Hall–Kier alpha value is -3.10. The topological polar surface area (TPSA) is 143 Å². The van der Waals surface area contributed by atoms with Crippen molar-refractivity contribution in [2.24, 2.45) is 0 Å². The number of hydrogen-bond acceptors (Lipinski definition) is 7. The molecule has 22 heavy (non-hydrogen) atoms. The summed E-state index contributed by atoms with van der Waals surface area (Å²) in [5, 5.41) is 14.6. The third kappa shape index (κ3) is 3.51. The zero-order chi connectivity index (χ0) is 16.1. The smallest absolute Gasteiger partial charge is 0.343 e. The molecule has 116 valence electrons. The van der Waals surface area contributed by atoms with Gasteiger partial charge >= 0.3 is 5.97 Å². The van der Waals surface area contributed by atoms with E-state index in [1.807, 2.05) is 0 Å². The molecule has 9 nitrogen and oxygen atoms in total. The maximum atomic E-state index is 11.3. The molecule has 0 saturated carbocycles. The maximum Gasteiger partial charge on any atom is 0.343 e. The van der Waals surface area contributed by atoms with E-state index in [-0.39, 0.29) is 35.5 Å². The van der Waals surface area contributed by atoms with Crippen molar-refractivity contribution in [3.8, 4) is 11.6 Å². The van der Waals surface area contributed by atoms with Crippen LogP contribution in [0.2, 0.25) is 0 Å². The number of hydrogen-bond donors (Lipinski definition) is 4. The van der Waals surface area contributed by atoms with Crippen molar-refractivity contribution in [3.05, 3.63) is 24.0 Å². The molecule has 2 rings (SSSR count). The number of nitrogens with two attached hydrogens (primary N) is 1. The highest BCUT2D eigenvalue weighted by Gasteiger charge is 2.20. The van der Waals surface area contributed by atoms with E-state index < -0.39 is 5.97 Å². The molecule has 0 unspecified atom stereocenters. The van der Waals surface area contributed by atoms with Gasteiger partial charge in [0.2, 0.25) is 5.91 Å². The molecule has 0 radical (unpaired) electrons. The number of carboxylic acids is 1. The Morgan fingerprint density at radius 3 is 2.73 bits per heavy atom. The second kappa shape index (κ2) is 6.57. The predicted molar refractivity (Wildman–Crippen MR) is 78.3 cm³/mol. The minimum atomic E-state index is -1.24. The quantitative estimate of drug-likeness (QED) is 0.567. The van der Waals surface area contributed by atoms with Gasteiger partial charge in [0.15, 0.2) is 11.6 Å². The standard InChI is InChI=1S/C13H15N5O4/c1-7(19)15-4-5-16-12-9(13(20)21)10(14)17-11(18-12)8-3-2-6-22-8/h2-3,6H,4-5H2,1H3,(H,15,19)(H,20,21)(H3,14,16,17,18). The van der Waals surface area contributed by atoms with E-state index in [0.29, 0.717) is 12.3 Å². The predicted octanol–water partition coefficient (Wildman–Crippen LogP) is 0.565. The Kier molecular flexibility index (Phi) is 4.57. The van der Waals surface area contributed by atoms with Crippen LogP contribution in [-0.4, -0.2) is 40.0 Å². The summed E-state index contributed by atoms with van der Waals surface area (Å²) in [4.78, 5) is 30.2. The summed E-state index contributed by atoms with van der Waals surface area (Å²) in [6.45, 7) is 1.99. The highest BCUT2D eigenvalue weighted by Crippen LogP contribution is 2.24. The largest absolute Gasteiger partial charge is 0.477 e. The number of aromatic carboxylic acids is 1. The van der Waals surface area contributed by atoms with Crippen LogP contribution >= 0.6 is 0 Å². The fraction of sp³-hybridized carbons (Fsp3) is 0.231. The van der Waals surface area contributed by atoms with Gasteiger partial charge in [-0.15, -0.1) is 0 Å². The third-order valence-electron chi connectivity index (χ3n) is 2.68. The molecule has 0 atom stereocenters. The zero-order valence-corrected chi connectivity index (χ0v) is 11.8. The van der Waals surface area contributed by atoms with Crippen molar-refractivity contribution in [1.29, 1.82) is 0 Å². The van der Waals surface area contributed by atoms with E-state index in [1.165, 1.54) is 13.2 Å². The zero-order valence-electron chi connectivity index (χ0n) is 11.8. The Morgan fingerprint density at radius 1 is 1.36 bits per heavy atom. The number of carbonyl (C=O) groups excluding carboxylic acids is 1. The molecule has 0 aliphatic rings. The summed E-state index contributed by atoms with van der Waals surface area (Å²) in [5.74, 6) is -0.986. The highest BCUT2D eigenvalue weighted by molar-refractivity contribution is 5.98. The lowest BCUT2D eigenvalue weighted by Crippen LogP contribution is -2.27. The van der Waals surface area contributed by atoms with Gasteiger partial charge in [0.25, 0.3) is 0 Å². The van der Waals surface area contributed by atoms with Gasteiger partial charge in [0.1, 0.15) is 17.2 Å². The Balaban J connectivity index is 2.27. The average Bonchev–Trinajstić information content (AvgIpc) is 2.96. The average molecular weight is 305 g/mol. The van der Waals surface area contributed by atoms with Gasteiger partial charge in [-0.2, -0.15) is 0 Å². The SMILES string of the molecule is CC(=O)NCCNc1nc(-c2ccco2)nc(N)c1C(=O)O. The van der Waals surface area contributed by atoms with E-state index >= 15 is 0 Å². The molecule has 0 saturated heterocycles. The van der Waals surface area contributed by atoms with Gasteiger partial charge in [-0.1, -0.05) is 0 Å². The van der Waals surface area contributed by atoms with E-state index in [9.17, 15) is 14.7 Å². The van der Waals surface area contributed by atoms with Gasteiger partial charge in [-0.25, -0.2) is 14.8 Å². The van der Waals surface area contributed by atoms with Crippen molar-refractivity contribution in [2.45, 2.75) is 6.92 Å². The van der Waals surface area contributed by atoms with Crippen molar-refractivity contribution < 1.29 is 19.1 Å². The van der Waals surface area contributed by atoms with Crippen LogP contribution in [0, 0.1) is 0 Å². The molecular weight excluding hydrogens is 290 g/mol. The molecule has 0 aliphatic carbocycles. The summed E-state index contributed by atoms with van der Waals surface area (Å²) in [7, 11) is 0. The van der Waals surface area contributed by atoms with Crippen molar-refractivity contribution in [3.63, 3.8) is 0 Å². The first kappa shape index (κ1) is 15.3. The lowest BCUT2D eigenvalue weighted by atomic mass is 10.2. The Morgan fingerprint density at radius 2 is 2.14 bits per heavy atom. The Labute approximate surface area is 125 Å². The van der Waals surface area contributed by atoms with Crippen LogP contribution in [0.15, 0.2) is 22.8 Å². The van der Waals surface area contributed by atoms with Crippen molar-refractivity contribution in [1.82, 2.24) is 15.3 Å². The minimum absolute atomic E-state index is 0.0664. The van der Waals surface area contributed by atoms with E-state index in [2.05, 4.69) is 20.6 Å². The molecule has 0 spiro atoms. The molecule has 2 aromatic heterocycles. The van der Waals surface area contributed by atoms with Crippen LogP contribution < -0.4 is 16.4 Å². The summed E-state index contributed by atoms with van der Waals surface area (Å²) in [5.41, 5.74) is 5.47. The second-order valence-electron chi connectivity index (χ2n) is 4.35. The number of amides is 1. The van der Waals surface area contributed by atoms with E-state index in [0.717, 1.165) is 0 Å². The molecule has 0 aliphatic heterocycles. The number of anilines is 2. The van der Waals surface area contributed by atoms with E-state index in [1.54, 1.807) is 12.1 Å². The lowest BCUT2D eigenvalue weighted by Gasteiger charge is -2.11. The van der Waals surface area contributed by atoms with Crippen LogP contribution in [0.5, 0.6) is 0 Å². The maximum absolute atomic E-state index is 11.3. The van der Waals surface area contributed by atoms with Crippen LogP contribution in [0.4, 0.5) is 11.6 Å². The number of nitrogen functional groups attached to an aromatic ring is 1. The lowest BCUT2D eigenvalue weighted by molar-refractivity contribution is -0.118. The first-order valence-electron chi connectivity index (χ1n) is 6.42. The first-order chi connectivity index (χ1) is 10.5. The monoisotopic (exact) mass is 305 g/mol. The molecular formula is C13H15N5O4. The summed E-state index contributed by atoms with van der Waals surface area (Å²) in [6, 6.07) is 3.29. The number of aromatic nitrogens is 2. The van der Waals surface area contributed by atoms with Gasteiger partial charge in [0.05, 0.1) is 6.26 Å². The van der Waals surface area contributed by atoms with Gasteiger partial charge in [0, 0.05) is 20.0 Å². The second-order valence-corrected chi connectivity index (χ2v) is 4.35. The normalized spacial score (nSPS) is 10.2. The molecule has 0 fully saturated rings. The highest BCUT2D eigenvalue weighted by atomic mass is 16.4. The summed E-state index contributed by atoms with van der Waals surface area (Å²) >= 11 is 0. The number of furan rings is 1. The molecule has 0 aromatic carbocycles. The first-order valence-corrected chi connectivity index (χ1v) is 6.42. The summed E-state index contributed by atoms with van der Waals surface area (Å²) in [6.07, 6.45) is 1.45. The van der Waals surface area contributed by atoms with Crippen molar-refractivity contribution in [2.75, 3.05) is 24.1 Å². The van der Waals surface area contributed by atoms with Crippen LogP contribution in [0.1, 0.15) is 17.3 Å². The summed E-state index contributed by atoms with van der Waals surface area (Å²) < 4.78 is 5.17. The molecule has 9 heteroatoms.